The van der Waals surface area contributed by atoms with E-state index in [0.717, 1.165) is 56.1 Å². The Hall–Kier alpha value is -6.78. The lowest BCUT2D eigenvalue weighted by atomic mass is 9.84. The molecule has 9 aromatic rings. The third-order valence-electron chi connectivity index (χ3n) is 10.5. The van der Waals surface area contributed by atoms with Crippen LogP contribution in [0.3, 0.4) is 0 Å². The molecule has 55 heavy (non-hydrogen) atoms. The number of phenolic OH excluding ortho intramolecular Hbond substituents is 1. The lowest BCUT2D eigenvalue weighted by molar-refractivity contribution is 0.477. The summed E-state index contributed by atoms with van der Waals surface area (Å²) in [7, 11) is 0. The molecule has 0 saturated heterocycles. The highest BCUT2D eigenvalue weighted by Gasteiger charge is 2.18. The summed E-state index contributed by atoms with van der Waals surface area (Å²) < 4.78 is 2.35. The smallest absolute Gasteiger partial charge is 0.124 e. The van der Waals surface area contributed by atoms with Gasteiger partial charge in [0.25, 0.3) is 0 Å². The normalized spacial score (nSPS) is 11.7. The lowest BCUT2D eigenvalue weighted by Gasteiger charge is -2.21. The molecule has 3 heterocycles. The maximum atomic E-state index is 10.9. The Kier molecular flexibility index (Phi) is 8.39. The zero-order chi connectivity index (χ0) is 37.7. The van der Waals surface area contributed by atoms with Gasteiger partial charge < -0.3 is 9.67 Å². The fourth-order valence-electron chi connectivity index (χ4n) is 7.67. The summed E-state index contributed by atoms with van der Waals surface area (Å²) in [5.74, 6) is 0.204. The van der Waals surface area contributed by atoms with Crippen molar-refractivity contribution in [2.24, 2.45) is 0 Å². The van der Waals surface area contributed by atoms with Crippen LogP contribution in [0.1, 0.15) is 31.9 Å². The summed E-state index contributed by atoms with van der Waals surface area (Å²) in [4.78, 5) is 10.0. The number of hydrogen-bond donors (Lipinski definition) is 1. The highest BCUT2D eigenvalue weighted by Crippen LogP contribution is 2.38. The highest BCUT2D eigenvalue weighted by atomic mass is 16.3. The molecular weight excluding hydrogens is 671 g/mol. The van der Waals surface area contributed by atoms with Crippen molar-refractivity contribution in [1.29, 1.82) is 0 Å². The average molecular weight is 712 g/mol. The molecule has 6 aromatic carbocycles. The van der Waals surface area contributed by atoms with Gasteiger partial charge in [-0.3, -0.25) is 4.98 Å². The van der Waals surface area contributed by atoms with Crippen molar-refractivity contribution >= 4 is 21.8 Å². The Labute approximate surface area is 322 Å². The molecule has 0 bridgehead atoms. The van der Waals surface area contributed by atoms with Crippen LogP contribution < -0.4 is 0 Å². The van der Waals surface area contributed by atoms with E-state index in [9.17, 15) is 5.11 Å². The van der Waals surface area contributed by atoms with Crippen LogP contribution in [0.2, 0.25) is 0 Å². The molecule has 9 rings (SSSR count). The largest absolute Gasteiger partial charge is 0.507 e. The third-order valence-corrected chi connectivity index (χ3v) is 10.5. The molecule has 3 aromatic heterocycles. The Morgan fingerprint density at radius 3 is 1.98 bits per heavy atom. The van der Waals surface area contributed by atoms with Gasteiger partial charge in [0, 0.05) is 39.3 Å². The molecule has 4 heteroatoms. The fraction of sp³-hybridized carbons (Fsp3) is 0.0980. The van der Waals surface area contributed by atoms with Gasteiger partial charge >= 0.3 is 0 Å². The lowest BCUT2D eigenvalue weighted by Crippen LogP contribution is -2.11. The SMILES string of the molecule is Cc1cc(-c2cc(-c3cccc(-c4cc(-c5ccc6c7ccccc7n(-c7ccccc7)c6c5)ccn4)c3)nc(-c3ccccc3O)c2)cc(C(C)(C)C)c1. The molecule has 0 aliphatic carbocycles. The topological polar surface area (TPSA) is 50.9 Å². The van der Waals surface area contributed by atoms with Crippen molar-refractivity contribution in [2.75, 3.05) is 0 Å². The fourth-order valence-corrected chi connectivity index (χ4v) is 7.67. The van der Waals surface area contributed by atoms with Crippen LogP contribution in [0.5, 0.6) is 5.75 Å². The van der Waals surface area contributed by atoms with E-state index in [1.165, 1.54) is 32.9 Å². The average Bonchev–Trinajstić information content (AvgIpc) is 3.54. The quantitative estimate of drug-likeness (QED) is 0.187. The van der Waals surface area contributed by atoms with E-state index in [2.05, 4.69) is 172 Å². The Morgan fingerprint density at radius 2 is 1.16 bits per heavy atom. The Morgan fingerprint density at radius 1 is 0.491 bits per heavy atom. The van der Waals surface area contributed by atoms with Gasteiger partial charge in [-0.2, -0.15) is 0 Å². The van der Waals surface area contributed by atoms with E-state index < -0.39 is 0 Å². The minimum Gasteiger partial charge on any atom is -0.507 e. The molecule has 0 fully saturated rings. The number of hydrogen-bond acceptors (Lipinski definition) is 3. The van der Waals surface area contributed by atoms with Gasteiger partial charge in [-0.1, -0.05) is 123 Å². The molecule has 0 amide bonds. The number of phenols is 1. The number of aromatic hydroxyl groups is 1. The van der Waals surface area contributed by atoms with Crippen molar-refractivity contribution in [3.8, 4) is 67.5 Å². The van der Waals surface area contributed by atoms with E-state index in [1.807, 2.05) is 24.4 Å². The second kappa shape index (κ2) is 13.6. The molecule has 4 nitrogen and oxygen atoms in total. The maximum Gasteiger partial charge on any atom is 0.124 e. The molecule has 0 unspecified atom stereocenters. The highest BCUT2D eigenvalue weighted by molar-refractivity contribution is 6.10. The zero-order valence-corrected chi connectivity index (χ0v) is 31.5. The first-order valence-electron chi connectivity index (χ1n) is 18.8. The summed E-state index contributed by atoms with van der Waals surface area (Å²) in [6, 6.07) is 57.1. The number of benzene rings is 6. The molecule has 0 saturated carbocycles. The van der Waals surface area contributed by atoms with Crippen LogP contribution in [-0.2, 0) is 5.41 Å². The van der Waals surface area contributed by atoms with Gasteiger partial charge in [0.1, 0.15) is 5.75 Å². The number of nitrogens with zero attached hydrogens (tertiary/aromatic N) is 3. The molecule has 0 radical (unpaired) electrons. The van der Waals surface area contributed by atoms with E-state index in [1.54, 1.807) is 6.07 Å². The Bertz CT molecular complexity index is 2880. The second-order valence-corrected chi connectivity index (χ2v) is 15.4. The number of rotatable bonds is 6. The first-order chi connectivity index (χ1) is 26.7. The van der Waals surface area contributed by atoms with E-state index in [0.29, 0.717) is 5.56 Å². The summed E-state index contributed by atoms with van der Waals surface area (Å²) in [5.41, 5.74) is 15.5. The number of pyridine rings is 2. The van der Waals surface area contributed by atoms with Gasteiger partial charge in [-0.25, -0.2) is 4.98 Å². The minimum atomic E-state index is -0.000897. The Balaban J connectivity index is 1.14. The number of fused-ring (bicyclic) bond motifs is 3. The zero-order valence-electron chi connectivity index (χ0n) is 31.5. The summed E-state index contributed by atoms with van der Waals surface area (Å²) in [5, 5.41) is 13.4. The molecular formula is C51H41N3O. The standard InChI is InChI=1S/C51H41N3O/c1-33-25-38(28-40(26-33)51(2,3)4)39-30-46(53-47(31-39)44-18-9-11-20-50(44)55)37-14-12-13-36(27-37)45-29-35(23-24-52-45)34-21-22-43-42-17-8-10-19-48(42)54(49(43)32-34)41-15-6-5-7-16-41/h5-32,55H,1-4H3. The van der Waals surface area contributed by atoms with Crippen LogP contribution in [0.15, 0.2) is 170 Å². The van der Waals surface area contributed by atoms with Crippen LogP contribution in [-0.4, -0.2) is 19.6 Å². The van der Waals surface area contributed by atoms with Gasteiger partial charge in [-0.15, -0.1) is 0 Å². The van der Waals surface area contributed by atoms with Crippen LogP contribution >= 0.6 is 0 Å². The van der Waals surface area contributed by atoms with Crippen molar-refractivity contribution in [3.63, 3.8) is 0 Å². The first kappa shape index (κ1) is 34.0. The summed E-state index contributed by atoms with van der Waals surface area (Å²) in [6.45, 7) is 8.88. The van der Waals surface area contributed by atoms with Gasteiger partial charge in [-0.05, 0) is 107 Å². The molecule has 0 atom stereocenters. The van der Waals surface area contributed by atoms with Crippen molar-refractivity contribution in [1.82, 2.24) is 14.5 Å². The van der Waals surface area contributed by atoms with E-state index in [-0.39, 0.29) is 11.2 Å². The van der Waals surface area contributed by atoms with Crippen LogP contribution in [0.25, 0.3) is 83.5 Å². The van der Waals surface area contributed by atoms with Gasteiger partial charge in [0.2, 0.25) is 0 Å². The molecule has 0 spiro atoms. The van der Waals surface area contributed by atoms with Crippen molar-refractivity contribution in [2.45, 2.75) is 33.1 Å². The van der Waals surface area contributed by atoms with E-state index in [4.69, 9.17) is 9.97 Å². The predicted octanol–water partition coefficient (Wildman–Crippen LogP) is 13.2. The molecule has 0 aliphatic rings. The predicted molar refractivity (Wildman–Crippen MR) is 229 cm³/mol. The molecule has 266 valence electrons. The van der Waals surface area contributed by atoms with Crippen LogP contribution in [0, 0.1) is 6.92 Å². The van der Waals surface area contributed by atoms with Crippen molar-refractivity contribution < 1.29 is 5.11 Å². The summed E-state index contributed by atoms with van der Waals surface area (Å²) in [6.07, 6.45) is 1.90. The van der Waals surface area contributed by atoms with Gasteiger partial charge in [0.05, 0.1) is 28.1 Å². The molecule has 0 aliphatic heterocycles. The summed E-state index contributed by atoms with van der Waals surface area (Å²) >= 11 is 0. The van der Waals surface area contributed by atoms with Crippen molar-refractivity contribution in [3.05, 3.63) is 181 Å². The monoisotopic (exact) mass is 711 g/mol. The number of aryl methyl sites for hydroxylation is 1. The third kappa shape index (κ3) is 6.46. The maximum absolute atomic E-state index is 10.9. The van der Waals surface area contributed by atoms with Gasteiger partial charge in [0.15, 0.2) is 0 Å². The second-order valence-electron chi connectivity index (χ2n) is 15.4. The van der Waals surface area contributed by atoms with E-state index >= 15 is 0 Å². The minimum absolute atomic E-state index is 0.000897. The van der Waals surface area contributed by atoms with Crippen LogP contribution in [0.4, 0.5) is 0 Å². The molecule has 1 N–H and O–H groups in total. The number of para-hydroxylation sites is 3. The first-order valence-corrected chi connectivity index (χ1v) is 18.8. The number of aromatic nitrogens is 3.